The van der Waals surface area contributed by atoms with E-state index in [9.17, 15) is 14.4 Å². The Hall–Kier alpha value is -2.46. The maximum absolute atomic E-state index is 12.8. The van der Waals surface area contributed by atoms with E-state index < -0.39 is 0 Å². The molecule has 0 spiro atoms. The van der Waals surface area contributed by atoms with Crippen LogP contribution in [-0.2, 0) is 11.2 Å². The quantitative estimate of drug-likeness (QED) is 0.557. The Morgan fingerprint density at radius 2 is 1.66 bits per heavy atom. The molecule has 0 bridgehead atoms. The number of amides is 3. The maximum atomic E-state index is 12.8. The van der Waals surface area contributed by atoms with Crippen molar-refractivity contribution < 1.29 is 14.4 Å². The summed E-state index contributed by atoms with van der Waals surface area (Å²) in [5.41, 5.74) is 0.887. The van der Waals surface area contributed by atoms with E-state index in [1.807, 2.05) is 11.4 Å². The first-order valence-corrected chi connectivity index (χ1v) is 12.2. The molecule has 0 atom stereocenters. The lowest BCUT2D eigenvalue weighted by Gasteiger charge is -2.35. The van der Waals surface area contributed by atoms with Crippen molar-refractivity contribution in [3.05, 3.63) is 67.3 Å². The molecule has 1 N–H and O–H groups in total. The third-order valence-corrected chi connectivity index (χ3v) is 7.25. The predicted molar refractivity (Wildman–Crippen MR) is 127 cm³/mol. The number of thiophene rings is 1. The zero-order valence-electron chi connectivity index (χ0n) is 16.7. The lowest BCUT2D eigenvalue weighted by molar-refractivity contribution is -0.132. The van der Waals surface area contributed by atoms with Gasteiger partial charge in [0.2, 0.25) is 5.91 Å². The van der Waals surface area contributed by atoms with Crippen molar-refractivity contribution in [2.75, 3.05) is 31.5 Å². The van der Waals surface area contributed by atoms with Gasteiger partial charge in [-0.2, -0.15) is 0 Å². The number of aromatic nitrogens is 1. The van der Waals surface area contributed by atoms with E-state index in [1.165, 1.54) is 22.7 Å². The molecule has 0 saturated carbocycles. The molecule has 0 aliphatic carbocycles. The fourth-order valence-electron chi connectivity index (χ4n) is 3.30. The molecule has 1 aromatic carbocycles. The van der Waals surface area contributed by atoms with Crippen molar-refractivity contribution in [3.8, 4) is 0 Å². The van der Waals surface area contributed by atoms with Crippen LogP contribution in [0.1, 0.15) is 25.7 Å². The summed E-state index contributed by atoms with van der Waals surface area (Å²) in [6, 6.07) is 8.50. The number of hydrogen-bond donors (Lipinski definition) is 1. The minimum absolute atomic E-state index is 0.0747. The molecular weight excluding hydrogens is 491 g/mol. The van der Waals surface area contributed by atoms with E-state index >= 15 is 0 Å². The number of thiazole rings is 1. The molecule has 3 amide bonds. The lowest BCUT2D eigenvalue weighted by Crippen LogP contribution is -2.51. The van der Waals surface area contributed by atoms with Gasteiger partial charge in [0.05, 0.1) is 32.6 Å². The van der Waals surface area contributed by atoms with E-state index in [2.05, 4.69) is 10.3 Å². The number of nitrogens with one attached hydrogen (secondary N) is 1. The molecule has 32 heavy (non-hydrogen) atoms. The Morgan fingerprint density at radius 1 is 0.969 bits per heavy atom. The highest BCUT2D eigenvalue weighted by Gasteiger charge is 2.27. The van der Waals surface area contributed by atoms with Crippen molar-refractivity contribution in [1.29, 1.82) is 0 Å². The van der Waals surface area contributed by atoms with Crippen LogP contribution in [0.15, 0.2) is 41.1 Å². The van der Waals surface area contributed by atoms with Gasteiger partial charge in [0.15, 0.2) is 5.13 Å². The second-order valence-corrected chi connectivity index (χ2v) is 9.64. The number of rotatable bonds is 5. The number of piperazine rings is 1. The largest absolute Gasteiger partial charge is 0.339 e. The summed E-state index contributed by atoms with van der Waals surface area (Å²) < 4.78 is 0. The zero-order chi connectivity index (χ0) is 22.7. The van der Waals surface area contributed by atoms with Crippen LogP contribution in [0.5, 0.6) is 0 Å². The fourth-order valence-corrected chi connectivity index (χ4v) is 5.18. The number of nitrogens with zero attached hydrogens (tertiary/aromatic N) is 3. The molecule has 0 radical (unpaired) electrons. The second-order valence-electron chi connectivity index (χ2n) is 7.02. The SMILES string of the molecule is O=C(Nc1nc(CC(=O)N2CCN(C(=O)c3c(Cl)cccc3Cl)CC2)cs1)c1cccs1. The molecule has 3 heterocycles. The minimum atomic E-state index is -0.238. The van der Waals surface area contributed by atoms with Crippen LogP contribution in [0.2, 0.25) is 10.0 Å². The van der Waals surface area contributed by atoms with Crippen LogP contribution >= 0.6 is 45.9 Å². The van der Waals surface area contributed by atoms with Gasteiger partial charge in [0, 0.05) is 31.6 Å². The van der Waals surface area contributed by atoms with Gasteiger partial charge < -0.3 is 9.80 Å². The first-order valence-electron chi connectivity index (χ1n) is 9.72. The summed E-state index contributed by atoms with van der Waals surface area (Å²) in [6.07, 6.45) is 0.135. The number of benzene rings is 1. The fraction of sp³-hybridized carbons (Fsp3) is 0.238. The molecule has 7 nitrogen and oxygen atoms in total. The van der Waals surface area contributed by atoms with Crippen molar-refractivity contribution in [2.45, 2.75) is 6.42 Å². The predicted octanol–water partition coefficient (Wildman–Crippen LogP) is 4.29. The van der Waals surface area contributed by atoms with Gasteiger partial charge in [-0.25, -0.2) is 4.98 Å². The average Bonchev–Trinajstić information content (AvgIpc) is 3.46. The Balaban J connectivity index is 1.30. The number of anilines is 1. The molecule has 166 valence electrons. The highest BCUT2D eigenvalue weighted by Crippen LogP contribution is 2.26. The second kappa shape index (κ2) is 9.99. The molecule has 1 fully saturated rings. The van der Waals surface area contributed by atoms with E-state index in [4.69, 9.17) is 23.2 Å². The van der Waals surface area contributed by atoms with Gasteiger partial charge in [-0.1, -0.05) is 35.3 Å². The third kappa shape index (κ3) is 5.12. The molecule has 1 aliphatic rings. The Morgan fingerprint density at radius 3 is 2.31 bits per heavy atom. The molecule has 3 aromatic rings. The van der Waals surface area contributed by atoms with Gasteiger partial charge in [0.1, 0.15) is 0 Å². The monoisotopic (exact) mass is 508 g/mol. The molecule has 4 rings (SSSR count). The average molecular weight is 509 g/mol. The van der Waals surface area contributed by atoms with Crippen LogP contribution in [0.4, 0.5) is 5.13 Å². The Bertz CT molecular complexity index is 1120. The standard InChI is InChI=1S/C21H18Cl2N4O3S2/c22-14-3-1-4-15(23)18(14)20(30)27-8-6-26(7-9-27)17(28)11-13-12-32-21(24-13)25-19(29)16-5-2-10-31-16/h1-5,10,12H,6-9,11H2,(H,24,25,29). The van der Waals surface area contributed by atoms with Crippen LogP contribution < -0.4 is 5.32 Å². The van der Waals surface area contributed by atoms with E-state index in [-0.39, 0.29) is 29.7 Å². The van der Waals surface area contributed by atoms with Crippen molar-refractivity contribution in [2.24, 2.45) is 0 Å². The number of carbonyl (C=O) groups excluding carboxylic acids is 3. The van der Waals surface area contributed by atoms with E-state index in [1.54, 1.807) is 39.4 Å². The normalized spacial score (nSPS) is 13.8. The highest BCUT2D eigenvalue weighted by atomic mass is 35.5. The van der Waals surface area contributed by atoms with Crippen molar-refractivity contribution >= 4 is 68.7 Å². The van der Waals surface area contributed by atoms with Crippen LogP contribution in [-0.4, -0.2) is 58.7 Å². The highest BCUT2D eigenvalue weighted by molar-refractivity contribution is 7.14. The first kappa shape index (κ1) is 22.7. The third-order valence-electron chi connectivity index (χ3n) is 4.95. The Kier molecular flexibility index (Phi) is 7.10. The summed E-state index contributed by atoms with van der Waals surface area (Å²) in [5, 5.41) is 7.42. The summed E-state index contributed by atoms with van der Waals surface area (Å²) in [7, 11) is 0. The van der Waals surface area contributed by atoms with Crippen LogP contribution in [0.25, 0.3) is 0 Å². The van der Waals surface area contributed by atoms with Gasteiger partial charge in [-0.05, 0) is 23.6 Å². The molecule has 1 aliphatic heterocycles. The van der Waals surface area contributed by atoms with Crippen molar-refractivity contribution in [1.82, 2.24) is 14.8 Å². The van der Waals surface area contributed by atoms with Crippen LogP contribution in [0, 0.1) is 0 Å². The molecule has 11 heteroatoms. The number of hydrogen-bond acceptors (Lipinski definition) is 6. The summed E-state index contributed by atoms with van der Waals surface area (Å²) >= 11 is 14.9. The molecule has 0 unspecified atom stereocenters. The van der Waals surface area contributed by atoms with Gasteiger partial charge in [-0.3, -0.25) is 19.7 Å². The van der Waals surface area contributed by atoms with Gasteiger partial charge >= 0.3 is 0 Å². The maximum Gasteiger partial charge on any atom is 0.267 e. The summed E-state index contributed by atoms with van der Waals surface area (Å²) in [6.45, 7) is 1.62. The minimum Gasteiger partial charge on any atom is -0.339 e. The summed E-state index contributed by atoms with van der Waals surface area (Å²) in [5.74, 6) is -0.528. The smallest absolute Gasteiger partial charge is 0.267 e. The van der Waals surface area contributed by atoms with Crippen molar-refractivity contribution in [3.63, 3.8) is 0 Å². The lowest BCUT2D eigenvalue weighted by atomic mass is 10.1. The van der Waals surface area contributed by atoms with E-state index in [0.29, 0.717) is 51.9 Å². The molecule has 2 aromatic heterocycles. The van der Waals surface area contributed by atoms with Gasteiger partial charge in [-0.15, -0.1) is 22.7 Å². The number of halogens is 2. The number of carbonyl (C=O) groups is 3. The molecule has 1 saturated heterocycles. The Labute approximate surface area is 202 Å². The zero-order valence-corrected chi connectivity index (χ0v) is 19.9. The van der Waals surface area contributed by atoms with Crippen LogP contribution in [0.3, 0.4) is 0 Å². The first-order chi connectivity index (χ1) is 15.4. The summed E-state index contributed by atoms with van der Waals surface area (Å²) in [4.78, 5) is 45.9. The van der Waals surface area contributed by atoms with Gasteiger partial charge in [0.25, 0.3) is 11.8 Å². The van der Waals surface area contributed by atoms with E-state index in [0.717, 1.165) is 0 Å². The topological polar surface area (TPSA) is 82.6 Å². The molecular formula is C21H18Cl2N4O3S2.